The molecule has 0 aliphatic heterocycles. The number of hydrogen-bond acceptors (Lipinski definition) is 5. The molecule has 1 N–H and O–H groups in total. The Labute approximate surface area is 112 Å². The van der Waals surface area contributed by atoms with E-state index in [0.717, 1.165) is 30.5 Å². The van der Waals surface area contributed by atoms with Crippen LogP contribution < -0.4 is 5.32 Å². The van der Waals surface area contributed by atoms with Crippen LogP contribution in [0.1, 0.15) is 31.2 Å². The molecule has 1 aliphatic rings. The van der Waals surface area contributed by atoms with Crippen molar-refractivity contribution in [2.75, 3.05) is 6.54 Å². The Morgan fingerprint density at radius 2 is 2.32 bits per heavy atom. The Morgan fingerprint density at radius 1 is 1.42 bits per heavy atom. The first kappa shape index (κ1) is 12.3. The van der Waals surface area contributed by atoms with Gasteiger partial charge in [0.1, 0.15) is 0 Å². The zero-order valence-electron chi connectivity index (χ0n) is 11.1. The molecule has 3 rings (SSSR count). The average molecular weight is 258 g/mol. The first-order valence-corrected chi connectivity index (χ1v) is 6.86. The van der Waals surface area contributed by atoms with Gasteiger partial charge in [-0.2, -0.15) is 4.98 Å². The molecule has 1 saturated carbocycles. The first-order valence-electron chi connectivity index (χ1n) is 6.86. The zero-order valence-corrected chi connectivity index (χ0v) is 11.1. The highest BCUT2D eigenvalue weighted by Gasteiger charge is 2.20. The summed E-state index contributed by atoms with van der Waals surface area (Å²) in [4.78, 5) is 8.59. The molecule has 1 fully saturated rings. The second-order valence-corrected chi connectivity index (χ2v) is 4.88. The number of hydrogen-bond donors (Lipinski definition) is 1. The van der Waals surface area contributed by atoms with Crippen molar-refractivity contribution in [3.05, 3.63) is 29.9 Å². The van der Waals surface area contributed by atoms with Crippen molar-refractivity contribution in [2.45, 2.75) is 38.6 Å². The topological polar surface area (TPSA) is 63.8 Å². The van der Waals surface area contributed by atoms with Gasteiger partial charge in [-0.25, -0.2) is 0 Å². The summed E-state index contributed by atoms with van der Waals surface area (Å²) in [7, 11) is 0. The minimum atomic E-state index is 0.667. The van der Waals surface area contributed by atoms with E-state index in [9.17, 15) is 0 Å². The molecule has 2 aromatic rings. The van der Waals surface area contributed by atoms with E-state index in [1.54, 1.807) is 6.20 Å². The van der Waals surface area contributed by atoms with E-state index in [1.165, 1.54) is 12.8 Å². The number of nitrogens with one attached hydrogen (secondary N) is 1. The molecule has 100 valence electrons. The van der Waals surface area contributed by atoms with Crippen LogP contribution in [0.5, 0.6) is 0 Å². The number of rotatable bonds is 6. The highest BCUT2D eigenvalue weighted by atomic mass is 16.5. The third kappa shape index (κ3) is 2.98. The Hall–Kier alpha value is -1.75. The van der Waals surface area contributed by atoms with E-state index in [-0.39, 0.29) is 0 Å². The molecule has 2 aromatic heterocycles. The maximum Gasteiger partial charge on any atom is 0.228 e. The molecule has 0 bridgehead atoms. The van der Waals surface area contributed by atoms with Gasteiger partial charge in [0.05, 0.1) is 0 Å². The monoisotopic (exact) mass is 258 g/mol. The summed E-state index contributed by atoms with van der Waals surface area (Å²) < 4.78 is 5.30. The second kappa shape index (κ2) is 5.48. The lowest BCUT2D eigenvalue weighted by atomic mass is 10.1. The maximum atomic E-state index is 5.30. The lowest BCUT2D eigenvalue weighted by Crippen LogP contribution is -2.19. The Balaban J connectivity index is 1.68. The van der Waals surface area contributed by atoms with Gasteiger partial charge in [0, 0.05) is 37.0 Å². The fourth-order valence-corrected chi connectivity index (χ4v) is 2.06. The zero-order chi connectivity index (χ0) is 13.1. The quantitative estimate of drug-likeness (QED) is 0.858. The van der Waals surface area contributed by atoms with Crippen molar-refractivity contribution in [2.24, 2.45) is 0 Å². The fraction of sp³-hybridized carbons (Fsp3) is 0.500. The Bertz CT molecular complexity index is 548. The van der Waals surface area contributed by atoms with Crippen molar-refractivity contribution in [1.29, 1.82) is 0 Å². The molecule has 19 heavy (non-hydrogen) atoms. The SMILES string of the molecule is CCc1cnccc1-c1noc(CCNC2CC2)n1. The van der Waals surface area contributed by atoms with Crippen molar-refractivity contribution in [3.8, 4) is 11.4 Å². The third-order valence-electron chi connectivity index (χ3n) is 3.34. The standard InChI is InChI=1S/C14H18N4O/c1-2-10-9-15-7-5-12(10)14-17-13(19-18-14)6-8-16-11-3-4-11/h5,7,9,11,16H,2-4,6,8H2,1H3. The van der Waals surface area contributed by atoms with Crippen LogP contribution in [0.4, 0.5) is 0 Å². The van der Waals surface area contributed by atoms with E-state index in [1.807, 2.05) is 12.3 Å². The molecule has 0 amide bonds. The van der Waals surface area contributed by atoms with Gasteiger partial charge in [0.25, 0.3) is 0 Å². The van der Waals surface area contributed by atoms with Crippen molar-refractivity contribution >= 4 is 0 Å². The molecule has 0 saturated heterocycles. The predicted octanol–water partition coefficient (Wildman–Crippen LogP) is 1.99. The van der Waals surface area contributed by atoms with Crippen LogP contribution in [0.2, 0.25) is 0 Å². The molecule has 1 aliphatic carbocycles. The van der Waals surface area contributed by atoms with Gasteiger partial charge in [0.15, 0.2) is 0 Å². The minimum Gasteiger partial charge on any atom is -0.339 e. The van der Waals surface area contributed by atoms with E-state index >= 15 is 0 Å². The average Bonchev–Trinajstić information content (AvgIpc) is 3.15. The van der Waals surface area contributed by atoms with Gasteiger partial charge in [-0.1, -0.05) is 12.1 Å². The number of aromatic nitrogens is 3. The second-order valence-electron chi connectivity index (χ2n) is 4.88. The molecule has 0 spiro atoms. The smallest absolute Gasteiger partial charge is 0.228 e. The van der Waals surface area contributed by atoms with Crippen LogP contribution in [0.15, 0.2) is 23.0 Å². The highest BCUT2D eigenvalue weighted by Crippen LogP contribution is 2.21. The normalized spacial score (nSPS) is 14.8. The summed E-state index contributed by atoms with van der Waals surface area (Å²) in [6.45, 7) is 3.00. The van der Waals surface area contributed by atoms with Crippen molar-refractivity contribution in [3.63, 3.8) is 0 Å². The van der Waals surface area contributed by atoms with Crippen molar-refractivity contribution in [1.82, 2.24) is 20.4 Å². The van der Waals surface area contributed by atoms with Crippen LogP contribution in [0, 0.1) is 0 Å². The summed E-state index contributed by atoms with van der Waals surface area (Å²) in [6.07, 6.45) is 7.92. The molecule has 5 nitrogen and oxygen atoms in total. The highest BCUT2D eigenvalue weighted by molar-refractivity contribution is 5.58. The number of aryl methyl sites for hydroxylation is 1. The van der Waals surface area contributed by atoms with Crippen LogP contribution in [0.3, 0.4) is 0 Å². The summed E-state index contributed by atoms with van der Waals surface area (Å²) in [5, 5.41) is 7.51. The van der Waals surface area contributed by atoms with Crippen LogP contribution in [-0.4, -0.2) is 27.7 Å². The van der Waals surface area contributed by atoms with Gasteiger partial charge >= 0.3 is 0 Å². The van der Waals surface area contributed by atoms with E-state index in [4.69, 9.17) is 4.52 Å². The number of nitrogens with zero attached hydrogens (tertiary/aromatic N) is 3. The van der Waals surface area contributed by atoms with Crippen LogP contribution in [0.25, 0.3) is 11.4 Å². The summed E-state index contributed by atoms with van der Waals surface area (Å²) in [5.74, 6) is 1.36. The molecule has 0 aromatic carbocycles. The predicted molar refractivity (Wildman–Crippen MR) is 71.6 cm³/mol. The molecule has 0 radical (unpaired) electrons. The third-order valence-corrected chi connectivity index (χ3v) is 3.34. The Morgan fingerprint density at radius 3 is 3.11 bits per heavy atom. The Kier molecular flexibility index (Phi) is 3.55. The maximum absolute atomic E-state index is 5.30. The molecule has 2 heterocycles. The summed E-state index contributed by atoms with van der Waals surface area (Å²) >= 11 is 0. The van der Waals surface area contributed by atoms with E-state index in [2.05, 4.69) is 27.4 Å². The first-order chi connectivity index (χ1) is 9.36. The lowest BCUT2D eigenvalue weighted by Gasteiger charge is -2.01. The fourth-order valence-electron chi connectivity index (χ4n) is 2.06. The summed E-state index contributed by atoms with van der Waals surface area (Å²) in [6, 6.07) is 2.66. The molecule has 5 heteroatoms. The van der Waals surface area contributed by atoms with Crippen LogP contribution in [-0.2, 0) is 12.8 Å². The minimum absolute atomic E-state index is 0.667. The van der Waals surface area contributed by atoms with Gasteiger partial charge in [-0.05, 0) is 30.9 Å². The molecular weight excluding hydrogens is 240 g/mol. The summed E-state index contributed by atoms with van der Waals surface area (Å²) in [5.41, 5.74) is 2.16. The van der Waals surface area contributed by atoms with Gasteiger partial charge in [0.2, 0.25) is 11.7 Å². The molecule has 0 atom stereocenters. The molecule has 0 unspecified atom stereocenters. The van der Waals surface area contributed by atoms with Crippen molar-refractivity contribution < 1.29 is 4.52 Å². The largest absolute Gasteiger partial charge is 0.339 e. The van der Waals surface area contributed by atoms with Gasteiger partial charge in [-0.15, -0.1) is 0 Å². The lowest BCUT2D eigenvalue weighted by molar-refractivity contribution is 0.376. The van der Waals surface area contributed by atoms with E-state index in [0.29, 0.717) is 17.8 Å². The molecular formula is C14H18N4O. The van der Waals surface area contributed by atoms with Gasteiger partial charge < -0.3 is 9.84 Å². The van der Waals surface area contributed by atoms with E-state index < -0.39 is 0 Å². The van der Waals surface area contributed by atoms with Crippen LogP contribution >= 0.6 is 0 Å². The number of pyridine rings is 1. The van der Waals surface area contributed by atoms with Gasteiger partial charge in [-0.3, -0.25) is 4.98 Å².